The van der Waals surface area contributed by atoms with Gasteiger partial charge in [-0.25, -0.2) is 9.07 Å². The Morgan fingerprint density at radius 2 is 1.93 bits per heavy atom. The zero-order valence-electron chi connectivity index (χ0n) is 20.3. The van der Waals surface area contributed by atoms with E-state index in [-0.39, 0.29) is 50.4 Å². The first-order valence-electron chi connectivity index (χ1n) is 11.5. The average molecular weight is 599 g/mol. The molecule has 0 aliphatic rings. The molecule has 0 bridgehead atoms. The zero-order chi connectivity index (χ0) is 28.6. The minimum absolute atomic E-state index is 0.0222. The van der Waals surface area contributed by atoms with Crippen LogP contribution >= 0.6 is 23.2 Å². The monoisotopic (exact) mass is 598 g/mol. The lowest BCUT2D eigenvalue weighted by Gasteiger charge is -2.18. The highest BCUT2D eigenvalue weighted by Gasteiger charge is 2.28. The summed E-state index contributed by atoms with van der Waals surface area (Å²) in [7, 11) is 1.37. The summed E-state index contributed by atoms with van der Waals surface area (Å²) in [6.45, 7) is -3.45. The molecule has 0 saturated heterocycles. The van der Waals surface area contributed by atoms with E-state index in [1.807, 2.05) is 0 Å². The number of ether oxygens (including phenoxy) is 1. The number of aryl methyl sites for hydroxylation is 1. The molecule has 0 spiro atoms. The Bertz CT molecular complexity index is 1670. The number of hydrogen-bond acceptors (Lipinski definition) is 6. The van der Waals surface area contributed by atoms with Gasteiger partial charge in [-0.3, -0.25) is 4.68 Å². The minimum Gasteiger partial charge on any atom is -0.618 e. The highest BCUT2D eigenvalue weighted by atomic mass is 35.5. The topological polar surface area (TPSA) is 117 Å². The summed E-state index contributed by atoms with van der Waals surface area (Å²) in [5.74, 6) is -1.51. The Morgan fingerprint density at radius 3 is 2.58 bits per heavy atom. The van der Waals surface area contributed by atoms with Crippen molar-refractivity contribution in [2.24, 2.45) is 7.05 Å². The van der Waals surface area contributed by atoms with Gasteiger partial charge >= 0.3 is 11.8 Å². The van der Waals surface area contributed by atoms with Crippen molar-refractivity contribution in [3.8, 4) is 28.1 Å². The third-order valence-electron chi connectivity index (χ3n) is 5.99. The van der Waals surface area contributed by atoms with E-state index in [0.29, 0.717) is 4.73 Å². The fraction of sp³-hybridized carbons (Fsp3) is 0.217. The van der Waals surface area contributed by atoms with Crippen LogP contribution in [0.1, 0.15) is 18.2 Å². The van der Waals surface area contributed by atoms with Crippen LogP contribution in [0.15, 0.2) is 49.1 Å². The van der Waals surface area contributed by atoms with Crippen molar-refractivity contribution in [2.45, 2.75) is 19.1 Å². The molecule has 0 amide bonds. The van der Waals surface area contributed by atoms with Crippen LogP contribution in [-0.4, -0.2) is 48.3 Å². The number of aromatic amines is 1. The van der Waals surface area contributed by atoms with E-state index >= 15 is 4.39 Å². The molecule has 0 aliphatic heterocycles. The molecule has 4 aromatic heterocycles. The fourth-order valence-electron chi connectivity index (χ4n) is 4.14. The molecule has 4 heterocycles. The summed E-state index contributed by atoms with van der Waals surface area (Å²) in [6.07, 6.45) is 5.12. The van der Waals surface area contributed by atoms with Gasteiger partial charge < -0.3 is 9.94 Å². The minimum atomic E-state index is -3.03. The SMILES string of the molecule is Cn1nnc(-c2cnn([C@H](CCOC(F)F)c3ccc(-c4c(-[n+]5cc(Cl)n[nH]5)ccc(Cl)c4F)c[n+]3[O-])c2)c1F. The van der Waals surface area contributed by atoms with Crippen LogP contribution in [-0.2, 0) is 11.8 Å². The Kier molecular flexibility index (Phi) is 7.69. The van der Waals surface area contributed by atoms with Gasteiger partial charge in [-0.05, 0) is 29.8 Å². The summed E-state index contributed by atoms with van der Waals surface area (Å²) >= 11 is 11.9. The fourth-order valence-corrected chi connectivity index (χ4v) is 4.43. The number of rotatable bonds is 9. The number of H-pyrrole nitrogens is 1. The molecule has 40 heavy (non-hydrogen) atoms. The van der Waals surface area contributed by atoms with E-state index in [1.165, 1.54) is 59.3 Å². The van der Waals surface area contributed by atoms with Crippen molar-refractivity contribution in [3.63, 3.8) is 0 Å². The van der Waals surface area contributed by atoms with E-state index in [0.717, 1.165) is 10.9 Å². The predicted octanol–water partition coefficient (Wildman–Crippen LogP) is 3.78. The van der Waals surface area contributed by atoms with Gasteiger partial charge in [0.15, 0.2) is 29.6 Å². The third kappa shape index (κ3) is 5.35. The highest BCUT2D eigenvalue weighted by molar-refractivity contribution is 6.31. The molecule has 208 valence electrons. The molecule has 0 fully saturated rings. The van der Waals surface area contributed by atoms with Crippen LogP contribution in [0.4, 0.5) is 17.6 Å². The number of aromatic nitrogens is 9. The van der Waals surface area contributed by atoms with Gasteiger partial charge in [0, 0.05) is 31.3 Å². The first-order valence-corrected chi connectivity index (χ1v) is 12.2. The number of benzene rings is 1. The molecule has 1 atom stereocenters. The summed E-state index contributed by atoms with van der Waals surface area (Å²) in [6, 6.07) is 4.79. The summed E-state index contributed by atoms with van der Waals surface area (Å²) < 4.78 is 63.5. The second kappa shape index (κ2) is 11.2. The van der Waals surface area contributed by atoms with Crippen molar-refractivity contribution in [1.82, 2.24) is 35.1 Å². The highest BCUT2D eigenvalue weighted by Crippen LogP contribution is 2.32. The van der Waals surface area contributed by atoms with Crippen LogP contribution in [0.2, 0.25) is 10.2 Å². The Hall–Kier alpha value is -4.08. The molecular formula is C23H18Cl2F4N9O2+. The number of nitrogens with one attached hydrogen (secondary N) is 1. The van der Waals surface area contributed by atoms with Gasteiger partial charge in [-0.15, -0.1) is 9.78 Å². The van der Waals surface area contributed by atoms with Gasteiger partial charge in [0.25, 0.3) is 0 Å². The van der Waals surface area contributed by atoms with Gasteiger partial charge in [0.2, 0.25) is 11.6 Å². The molecule has 1 aromatic carbocycles. The standard InChI is InChI=1S/C23H17Cl2F4N9O2/c1-35-22(27)21(32-33-35)13-8-30-36(9-13)15(6-7-40-23(28)29)16-4-2-12(10-38(16)39)19-17(5-3-14(24)20(19)26)37-11-18(25)31-34-37/h2-5,8-11,15,23H,6-7H2,1H3/p+1/t15-/m1/s1. The van der Waals surface area contributed by atoms with E-state index in [1.54, 1.807) is 0 Å². The molecule has 11 nitrogen and oxygen atoms in total. The van der Waals surface area contributed by atoms with E-state index < -0.39 is 31.0 Å². The number of nitrogens with zero attached hydrogens (tertiary/aromatic N) is 8. The number of pyridine rings is 1. The average Bonchev–Trinajstić information content (AvgIpc) is 3.65. The van der Waals surface area contributed by atoms with Gasteiger partial charge in [-0.1, -0.05) is 22.0 Å². The molecule has 1 N–H and O–H groups in total. The van der Waals surface area contributed by atoms with Crippen LogP contribution in [0.25, 0.3) is 28.1 Å². The first kappa shape index (κ1) is 27.5. The lowest BCUT2D eigenvalue weighted by atomic mass is 10.0. The van der Waals surface area contributed by atoms with Crippen LogP contribution < -0.4 is 9.41 Å². The van der Waals surface area contributed by atoms with E-state index in [2.05, 4.69) is 30.5 Å². The lowest BCUT2D eigenvalue weighted by molar-refractivity contribution is -0.659. The van der Waals surface area contributed by atoms with Crippen molar-refractivity contribution in [2.75, 3.05) is 6.61 Å². The smallest absolute Gasteiger partial charge is 0.345 e. The van der Waals surface area contributed by atoms with Crippen LogP contribution in [0, 0.1) is 17.0 Å². The second-order valence-corrected chi connectivity index (χ2v) is 9.25. The number of hydrogen-bond donors (Lipinski definition) is 1. The maximum absolute atomic E-state index is 15.3. The van der Waals surface area contributed by atoms with Gasteiger partial charge in [0.1, 0.15) is 6.04 Å². The lowest BCUT2D eigenvalue weighted by Crippen LogP contribution is -2.36. The third-order valence-corrected chi connectivity index (χ3v) is 6.47. The first-order chi connectivity index (χ1) is 19.1. The summed E-state index contributed by atoms with van der Waals surface area (Å²) in [4.78, 5) is 0. The maximum atomic E-state index is 15.3. The molecular weight excluding hydrogens is 581 g/mol. The van der Waals surface area contributed by atoms with Crippen LogP contribution in [0.5, 0.6) is 0 Å². The number of alkyl halides is 2. The summed E-state index contributed by atoms with van der Waals surface area (Å²) in [5, 5.41) is 31.2. The van der Waals surface area contributed by atoms with Gasteiger partial charge in [0.05, 0.1) is 34.1 Å². The van der Waals surface area contributed by atoms with E-state index in [4.69, 9.17) is 23.2 Å². The molecule has 17 heteroatoms. The van der Waals surface area contributed by atoms with Crippen molar-refractivity contribution in [1.29, 1.82) is 0 Å². The van der Waals surface area contributed by atoms with Crippen molar-refractivity contribution < 1.29 is 31.7 Å². The molecule has 0 unspecified atom stereocenters. The quantitative estimate of drug-likeness (QED) is 0.157. The Balaban J connectivity index is 1.55. The molecule has 5 aromatic rings. The normalized spacial score (nSPS) is 12.4. The number of halogens is 6. The van der Waals surface area contributed by atoms with Gasteiger partial charge in [-0.2, -0.15) is 23.0 Å². The largest absolute Gasteiger partial charge is 0.618 e. The second-order valence-electron chi connectivity index (χ2n) is 8.45. The van der Waals surface area contributed by atoms with E-state index in [9.17, 15) is 18.4 Å². The molecule has 0 aliphatic carbocycles. The Labute approximate surface area is 232 Å². The van der Waals surface area contributed by atoms with Crippen molar-refractivity contribution in [3.05, 3.63) is 81.9 Å². The molecule has 0 radical (unpaired) electrons. The maximum Gasteiger partial charge on any atom is 0.345 e. The van der Waals surface area contributed by atoms with Crippen molar-refractivity contribution >= 4 is 23.2 Å². The zero-order valence-corrected chi connectivity index (χ0v) is 21.9. The summed E-state index contributed by atoms with van der Waals surface area (Å²) in [5.41, 5.74) is 0.626. The molecule has 5 rings (SSSR count). The Morgan fingerprint density at radius 1 is 1.12 bits per heavy atom. The molecule has 0 saturated carbocycles. The van der Waals surface area contributed by atoms with Crippen LogP contribution in [0.3, 0.4) is 0 Å². The predicted molar refractivity (Wildman–Crippen MR) is 131 cm³/mol.